The molecular formula is C21H40N4O2. The Morgan fingerprint density at radius 1 is 0.926 bits per heavy atom. The molecule has 0 aliphatic carbocycles. The molecule has 0 saturated carbocycles. The fourth-order valence-corrected chi connectivity index (χ4v) is 3.01. The lowest BCUT2D eigenvalue weighted by molar-refractivity contribution is -0.577. The molecule has 0 spiro atoms. The molecule has 0 aromatic carbocycles. The number of anilines is 2. The lowest BCUT2D eigenvalue weighted by Gasteiger charge is -2.14. The highest BCUT2D eigenvalue weighted by Crippen LogP contribution is 2.14. The van der Waals surface area contributed by atoms with Crippen molar-refractivity contribution in [2.75, 3.05) is 24.2 Å². The molecule has 0 bridgehead atoms. The van der Waals surface area contributed by atoms with E-state index in [-0.39, 0.29) is 5.95 Å². The van der Waals surface area contributed by atoms with Crippen molar-refractivity contribution in [3.05, 3.63) is 11.3 Å². The molecule has 0 radical (unpaired) electrons. The molecule has 0 amide bonds. The average Bonchev–Trinajstić information content (AvgIpc) is 2.66. The molecule has 0 aliphatic rings. The normalized spacial score (nSPS) is 10.9. The van der Waals surface area contributed by atoms with Crippen molar-refractivity contribution >= 4 is 11.8 Å². The third-order valence-corrected chi connectivity index (χ3v) is 4.75. The van der Waals surface area contributed by atoms with Crippen molar-refractivity contribution in [1.29, 1.82) is 0 Å². The summed E-state index contributed by atoms with van der Waals surface area (Å²) in [4.78, 5) is 3.98. The summed E-state index contributed by atoms with van der Waals surface area (Å²) >= 11 is 0. The van der Waals surface area contributed by atoms with Crippen LogP contribution in [0.4, 0.5) is 11.8 Å². The van der Waals surface area contributed by atoms with Gasteiger partial charge in [-0.05, 0) is 12.8 Å². The maximum atomic E-state index is 12.0. The number of nitrogens with two attached hydrogens (primary N) is 1. The third kappa shape index (κ3) is 10.9. The number of nitrogen functional groups attached to an aromatic ring is 1. The second kappa shape index (κ2) is 15.3. The highest BCUT2D eigenvalue weighted by atomic mass is 16.5. The topological polar surface area (TPSA) is 87.1 Å². The van der Waals surface area contributed by atoms with Gasteiger partial charge in [0.15, 0.2) is 0 Å². The first-order valence-electron chi connectivity index (χ1n) is 11.0. The molecule has 6 heteroatoms. The zero-order chi connectivity index (χ0) is 19.7. The number of hydrogen-bond donors (Lipinski definition) is 2. The van der Waals surface area contributed by atoms with Gasteiger partial charge >= 0.3 is 5.95 Å². The molecule has 0 saturated heterocycles. The van der Waals surface area contributed by atoms with Crippen molar-refractivity contribution in [3.63, 3.8) is 0 Å². The number of rotatable bonds is 17. The summed E-state index contributed by atoms with van der Waals surface area (Å²) in [6.45, 7) is 5.71. The van der Waals surface area contributed by atoms with Gasteiger partial charge in [0.1, 0.15) is 0 Å². The van der Waals surface area contributed by atoms with Crippen LogP contribution < -0.4 is 20.5 Å². The molecule has 1 rings (SSSR count). The summed E-state index contributed by atoms with van der Waals surface area (Å²) in [6, 6.07) is 1.64. The Balaban J connectivity index is 2.13. The molecule has 3 N–H and O–H groups in total. The predicted octanol–water partition coefficient (Wildman–Crippen LogP) is 5.20. The maximum Gasteiger partial charge on any atom is 0.347 e. The van der Waals surface area contributed by atoms with Gasteiger partial charge in [0.25, 0.3) is 5.88 Å². The van der Waals surface area contributed by atoms with Crippen LogP contribution in [-0.2, 0) is 0 Å². The van der Waals surface area contributed by atoms with Crippen molar-refractivity contribution in [2.45, 2.75) is 97.3 Å². The average molecular weight is 381 g/mol. The number of nitrogens with zero attached hydrogens (tertiary/aromatic N) is 2. The van der Waals surface area contributed by atoms with E-state index < -0.39 is 0 Å². The summed E-state index contributed by atoms with van der Waals surface area (Å²) in [7, 11) is 0. The summed E-state index contributed by atoms with van der Waals surface area (Å²) in [6.07, 6.45) is 16.4. The molecule has 156 valence electrons. The summed E-state index contributed by atoms with van der Waals surface area (Å²) in [5.41, 5.74) is 5.68. The fraction of sp³-hybridized carbons (Fsp3) is 0.810. The van der Waals surface area contributed by atoms with E-state index in [1.165, 1.54) is 64.2 Å². The molecule has 0 aliphatic heterocycles. The minimum atomic E-state index is -0.0783. The van der Waals surface area contributed by atoms with Gasteiger partial charge in [-0.2, -0.15) is 0 Å². The molecule has 1 heterocycles. The quantitative estimate of drug-likeness (QED) is 0.220. The molecule has 6 nitrogen and oxygen atoms in total. The Labute approximate surface area is 165 Å². The van der Waals surface area contributed by atoms with Gasteiger partial charge in [-0.15, -0.1) is 0 Å². The molecule has 1 aromatic rings. The van der Waals surface area contributed by atoms with E-state index in [1.54, 1.807) is 6.07 Å². The minimum absolute atomic E-state index is 0.0783. The van der Waals surface area contributed by atoms with Crippen LogP contribution in [0, 0.1) is 5.21 Å². The first kappa shape index (κ1) is 23.3. The van der Waals surface area contributed by atoms with Gasteiger partial charge in [0.05, 0.1) is 12.7 Å². The maximum absolute atomic E-state index is 12.0. The Bertz CT molecular complexity index is 497. The van der Waals surface area contributed by atoms with Crippen LogP contribution in [0.5, 0.6) is 5.88 Å². The van der Waals surface area contributed by atoms with Crippen LogP contribution >= 0.6 is 0 Å². The molecule has 0 unspecified atom stereocenters. The molecule has 27 heavy (non-hydrogen) atoms. The van der Waals surface area contributed by atoms with Gasteiger partial charge < -0.3 is 21.0 Å². The zero-order valence-electron chi connectivity index (χ0n) is 17.5. The monoisotopic (exact) mass is 380 g/mol. The second-order valence-electron chi connectivity index (χ2n) is 7.30. The smallest absolute Gasteiger partial charge is 0.347 e. The SMILES string of the molecule is CCCCCCCCCCCCCNc1cc(OCCCC)nc(N)[n+]1[O-]. The Morgan fingerprint density at radius 2 is 1.48 bits per heavy atom. The Morgan fingerprint density at radius 3 is 2.07 bits per heavy atom. The van der Waals surface area contributed by atoms with E-state index in [4.69, 9.17) is 10.5 Å². The van der Waals surface area contributed by atoms with Crippen LogP contribution in [0.1, 0.15) is 97.3 Å². The lowest BCUT2D eigenvalue weighted by atomic mass is 10.1. The van der Waals surface area contributed by atoms with Gasteiger partial charge in [-0.1, -0.05) is 89.5 Å². The van der Waals surface area contributed by atoms with Crippen molar-refractivity contribution in [1.82, 2.24) is 4.98 Å². The summed E-state index contributed by atoms with van der Waals surface area (Å²) in [5, 5.41) is 15.2. The predicted molar refractivity (Wildman–Crippen MR) is 113 cm³/mol. The van der Waals surface area contributed by atoms with Crippen LogP contribution in [0.25, 0.3) is 0 Å². The molecule has 1 aromatic heterocycles. The Hall–Kier alpha value is -1.72. The molecule has 0 fully saturated rings. The van der Waals surface area contributed by atoms with Crippen LogP contribution in [0.3, 0.4) is 0 Å². The van der Waals surface area contributed by atoms with Gasteiger partial charge in [0, 0.05) is 6.54 Å². The fourth-order valence-electron chi connectivity index (χ4n) is 3.01. The number of ether oxygens (including phenoxy) is 1. The van der Waals surface area contributed by atoms with Gasteiger partial charge in [-0.3, -0.25) is 0 Å². The third-order valence-electron chi connectivity index (χ3n) is 4.75. The van der Waals surface area contributed by atoms with E-state index in [1.807, 2.05) is 0 Å². The molecular weight excluding hydrogens is 340 g/mol. The number of unbranched alkanes of at least 4 members (excludes halogenated alkanes) is 11. The van der Waals surface area contributed by atoms with Crippen molar-refractivity contribution < 1.29 is 9.47 Å². The number of hydrogen-bond acceptors (Lipinski definition) is 5. The van der Waals surface area contributed by atoms with E-state index in [2.05, 4.69) is 24.1 Å². The molecule has 0 atom stereocenters. The highest BCUT2D eigenvalue weighted by molar-refractivity contribution is 5.36. The van der Waals surface area contributed by atoms with Crippen LogP contribution in [0.2, 0.25) is 0 Å². The first-order chi connectivity index (χ1) is 13.2. The summed E-state index contributed by atoms with van der Waals surface area (Å²) in [5.74, 6) is 0.751. The van der Waals surface area contributed by atoms with E-state index in [9.17, 15) is 5.21 Å². The second-order valence-corrected chi connectivity index (χ2v) is 7.30. The van der Waals surface area contributed by atoms with E-state index in [0.29, 0.717) is 23.0 Å². The zero-order valence-corrected chi connectivity index (χ0v) is 17.5. The highest BCUT2D eigenvalue weighted by Gasteiger charge is 2.11. The lowest BCUT2D eigenvalue weighted by Crippen LogP contribution is -2.36. The van der Waals surface area contributed by atoms with Gasteiger partial charge in [-0.25, -0.2) is 4.73 Å². The Kier molecular flexibility index (Phi) is 13.3. The summed E-state index contributed by atoms with van der Waals surface area (Å²) < 4.78 is 6.18. The van der Waals surface area contributed by atoms with Gasteiger partial charge in [0.2, 0.25) is 5.82 Å². The van der Waals surface area contributed by atoms with Crippen LogP contribution in [0.15, 0.2) is 6.07 Å². The number of aromatic nitrogens is 2. The van der Waals surface area contributed by atoms with Crippen molar-refractivity contribution in [2.24, 2.45) is 0 Å². The van der Waals surface area contributed by atoms with E-state index in [0.717, 1.165) is 25.8 Å². The minimum Gasteiger partial charge on any atom is -0.754 e. The largest absolute Gasteiger partial charge is 0.754 e. The van der Waals surface area contributed by atoms with Crippen LogP contribution in [-0.4, -0.2) is 18.1 Å². The van der Waals surface area contributed by atoms with Crippen molar-refractivity contribution in [3.8, 4) is 5.88 Å². The number of nitrogens with one attached hydrogen (secondary N) is 1. The standard InChI is InChI=1S/C21H40N4O2/c1-3-5-7-8-9-10-11-12-13-14-15-16-23-19-18-20(27-17-6-4-2)24-21(22)25(19)26/h18,23H,3-17H2,1-2H3,(H2,22,24). The van der Waals surface area contributed by atoms with E-state index >= 15 is 0 Å². The first-order valence-corrected chi connectivity index (χ1v) is 11.0.